The molecular weight excluding hydrogens is 468 g/mol. The van der Waals surface area contributed by atoms with Gasteiger partial charge in [-0.25, -0.2) is 9.36 Å². The number of benzene rings is 1. The van der Waals surface area contributed by atoms with Gasteiger partial charge in [-0.2, -0.15) is 5.10 Å². The number of piperidine rings is 1. The summed E-state index contributed by atoms with van der Waals surface area (Å²) >= 11 is 0. The van der Waals surface area contributed by atoms with E-state index in [9.17, 15) is 19.2 Å². The number of imide groups is 1. The van der Waals surface area contributed by atoms with Gasteiger partial charge >= 0.3 is 0 Å². The Morgan fingerprint density at radius 1 is 1.25 bits per heavy atom. The number of fused-ring (bicyclic) bond motifs is 2. The lowest BCUT2D eigenvalue weighted by atomic mass is 10.0. The predicted molar refractivity (Wildman–Crippen MR) is 122 cm³/mol. The first kappa shape index (κ1) is 21.9. The molecule has 0 saturated carbocycles. The van der Waals surface area contributed by atoms with Gasteiger partial charge in [0.05, 0.1) is 31.2 Å². The molecule has 3 aliphatic heterocycles. The number of anilines is 1. The molecule has 13 heteroatoms. The zero-order valence-electron chi connectivity index (χ0n) is 19.3. The van der Waals surface area contributed by atoms with E-state index in [1.54, 1.807) is 22.9 Å². The Kier molecular flexibility index (Phi) is 5.05. The number of nitrogens with zero attached hydrogens (tertiary/aromatic N) is 6. The highest BCUT2D eigenvalue weighted by Crippen LogP contribution is 2.30. The van der Waals surface area contributed by atoms with Crippen LogP contribution in [-0.2, 0) is 22.7 Å². The highest BCUT2D eigenvalue weighted by molar-refractivity contribution is 6.06. The topological polar surface area (TPSA) is 153 Å². The second kappa shape index (κ2) is 8.29. The molecule has 5 heterocycles. The lowest BCUT2D eigenvalue weighted by Crippen LogP contribution is -2.52. The van der Waals surface area contributed by atoms with Gasteiger partial charge in [0, 0.05) is 24.4 Å². The third-order valence-electron chi connectivity index (χ3n) is 6.53. The van der Waals surface area contributed by atoms with Crippen LogP contribution in [0.15, 0.2) is 30.6 Å². The van der Waals surface area contributed by atoms with E-state index in [0.717, 1.165) is 5.56 Å². The van der Waals surface area contributed by atoms with Crippen molar-refractivity contribution >= 4 is 29.3 Å². The van der Waals surface area contributed by atoms with E-state index < -0.39 is 17.9 Å². The summed E-state index contributed by atoms with van der Waals surface area (Å²) in [7, 11) is 0. The van der Waals surface area contributed by atoms with Gasteiger partial charge in [-0.1, -0.05) is 18.2 Å². The molecule has 3 aromatic rings. The van der Waals surface area contributed by atoms with Crippen LogP contribution in [0.5, 0.6) is 5.88 Å². The lowest BCUT2D eigenvalue weighted by Gasteiger charge is -2.29. The Morgan fingerprint density at radius 2 is 2.11 bits per heavy atom. The average Bonchev–Trinajstić information content (AvgIpc) is 3.57. The first-order chi connectivity index (χ1) is 17.4. The summed E-state index contributed by atoms with van der Waals surface area (Å²) in [6, 6.07) is 4.52. The van der Waals surface area contributed by atoms with Crippen molar-refractivity contribution in [2.24, 2.45) is 5.92 Å². The minimum Gasteiger partial charge on any atom is -0.476 e. The van der Waals surface area contributed by atoms with Crippen molar-refractivity contribution in [3.05, 3.63) is 47.4 Å². The van der Waals surface area contributed by atoms with E-state index >= 15 is 0 Å². The fourth-order valence-electron chi connectivity index (χ4n) is 4.68. The number of amides is 4. The van der Waals surface area contributed by atoms with Gasteiger partial charge in [-0.3, -0.25) is 24.5 Å². The van der Waals surface area contributed by atoms with Crippen molar-refractivity contribution in [1.82, 2.24) is 35.0 Å². The van der Waals surface area contributed by atoms with Crippen LogP contribution in [0, 0.1) is 5.92 Å². The van der Waals surface area contributed by atoms with Crippen LogP contribution in [0.25, 0.3) is 5.69 Å². The van der Waals surface area contributed by atoms with Gasteiger partial charge in [-0.15, -0.1) is 5.10 Å². The molecule has 0 aliphatic carbocycles. The summed E-state index contributed by atoms with van der Waals surface area (Å²) in [6.45, 7) is 3.59. The Hall–Kier alpha value is -4.55. The van der Waals surface area contributed by atoms with Crippen LogP contribution in [0.4, 0.5) is 5.69 Å². The number of carbonyl (C=O) groups is 4. The first-order valence-electron chi connectivity index (χ1n) is 11.6. The van der Waals surface area contributed by atoms with Gasteiger partial charge < -0.3 is 15.0 Å². The molecule has 0 spiro atoms. The van der Waals surface area contributed by atoms with Crippen molar-refractivity contribution < 1.29 is 23.9 Å². The Labute approximate surface area is 204 Å². The maximum absolute atomic E-state index is 13.1. The van der Waals surface area contributed by atoms with Gasteiger partial charge in [0.25, 0.3) is 11.8 Å². The summed E-state index contributed by atoms with van der Waals surface area (Å²) in [6.07, 6.45) is 3.49. The number of aromatic nitrogens is 5. The monoisotopic (exact) mass is 490 g/mol. The van der Waals surface area contributed by atoms with Gasteiger partial charge in [-0.05, 0) is 24.1 Å². The van der Waals surface area contributed by atoms with Crippen molar-refractivity contribution in [2.75, 3.05) is 11.9 Å². The van der Waals surface area contributed by atoms with Crippen LogP contribution < -0.4 is 15.4 Å². The fourth-order valence-corrected chi connectivity index (χ4v) is 4.68. The third-order valence-corrected chi connectivity index (χ3v) is 6.53. The number of rotatable bonds is 4. The molecule has 2 unspecified atom stereocenters. The Morgan fingerprint density at radius 3 is 2.94 bits per heavy atom. The highest BCUT2D eigenvalue weighted by atomic mass is 16.5. The second-order valence-electron chi connectivity index (χ2n) is 9.21. The fraction of sp³-hybridized carbons (Fsp3) is 0.348. The molecule has 3 aliphatic rings. The molecule has 36 heavy (non-hydrogen) atoms. The zero-order valence-corrected chi connectivity index (χ0v) is 19.3. The molecule has 2 aromatic heterocycles. The summed E-state index contributed by atoms with van der Waals surface area (Å²) in [5.41, 5.74) is 2.29. The highest BCUT2D eigenvalue weighted by Gasteiger charge is 2.39. The summed E-state index contributed by atoms with van der Waals surface area (Å²) in [5.74, 6) is -0.716. The molecular formula is C23H22N8O5. The van der Waals surface area contributed by atoms with Crippen molar-refractivity contribution in [1.29, 1.82) is 0 Å². The van der Waals surface area contributed by atoms with Gasteiger partial charge in [0.1, 0.15) is 11.7 Å². The van der Waals surface area contributed by atoms with E-state index in [0.29, 0.717) is 48.3 Å². The molecule has 0 radical (unpaired) electrons. The first-order valence-corrected chi connectivity index (χ1v) is 11.6. The summed E-state index contributed by atoms with van der Waals surface area (Å²) < 4.78 is 8.82. The minimum absolute atomic E-state index is 0.0797. The van der Waals surface area contributed by atoms with Gasteiger partial charge in [0.15, 0.2) is 5.69 Å². The standard InChI is InChI=1S/C23H22N8O5/c1-12-8-31-23(36-11-12)16(7-24-31)25-20(33)17-10-30(28-27-17)14-3-2-13-9-29(22(35)15(13)6-14)18-4-5-19(32)26-21(18)34/h2-3,6-7,10,12,18H,4-5,8-9,11H2,1H3,(H,25,33)(H,26,32,34). The zero-order chi connectivity index (χ0) is 25.0. The van der Waals surface area contributed by atoms with Crippen LogP contribution in [0.3, 0.4) is 0 Å². The van der Waals surface area contributed by atoms with E-state index in [-0.39, 0.29) is 30.5 Å². The van der Waals surface area contributed by atoms with Crippen molar-refractivity contribution in [3.8, 4) is 11.6 Å². The number of hydrogen-bond donors (Lipinski definition) is 2. The Bertz CT molecular complexity index is 1430. The molecule has 1 fully saturated rings. The number of hydrogen-bond acceptors (Lipinski definition) is 8. The smallest absolute Gasteiger partial charge is 0.278 e. The number of carbonyl (C=O) groups excluding carboxylic acids is 4. The molecule has 13 nitrogen and oxygen atoms in total. The van der Waals surface area contributed by atoms with Crippen LogP contribution in [0.2, 0.25) is 0 Å². The normalized spacial score (nSPS) is 21.0. The molecule has 6 rings (SSSR count). The maximum atomic E-state index is 13.1. The molecule has 2 N–H and O–H groups in total. The number of ether oxygens (including phenoxy) is 1. The maximum Gasteiger partial charge on any atom is 0.278 e. The third kappa shape index (κ3) is 3.68. The molecule has 1 saturated heterocycles. The van der Waals surface area contributed by atoms with Crippen LogP contribution >= 0.6 is 0 Å². The molecule has 1 aromatic carbocycles. The molecule has 184 valence electrons. The average molecular weight is 490 g/mol. The van der Waals surface area contributed by atoms with Gasteiger partial charge in [0.2, 0.25) is 17.7 Å². The van der Waals surface area contributed by atoms with Crippen LogP contribution in [0.1, 0.15) is 46.2 Å². The quantitative estimate of drug-likeness (QED) is 0.502. The largest absolute Gasteiger partial charge is 0.476 e. The lowest BCUT2D eigenvalue weighted by molar-refractivity contribution is -0.136. The minimum atomic E-state index is -0.686. The molecule has 4 amide bonds. The predicted octanol–water partition coefficient (Wildman–Crippen LogP) is 0.506. The summed E-state index contributed by atoms with van der Waals surface area (Å²) in [4.78, 5) is 51.0. The van der Waals surface area contributed by atoms with Crippen molar-refractivity contribution in [3.63, 3.8) is 0 Å². The summed E-state index contributed by atoms with van der Waals surface area (Å²) in [5, 5.41) is 17.3. The van der Waals surface area contributed by atoms with E-state index in [2.05, 4.69) is 33.0 Å². The van der Waals surface area contributed by atoms with Crippen LogP contribution in [-0.4, -0.2) is 66.0 Å². The SMILES string of the molecule is CC1COc2c(NC(=O)c3cn(-c4ccc5c(c4)C(=O)N(C4CCC(=O)NC4=O)C5)nn3)cnn2C1. The Balaban J connectivity index is 1.18. The second-order valence-corrected chi connectivity index (χ2v) is 9.21. The van der Waals surface area contributed by atoms with Crippen molar-refractivity contribution in [2.45, 2.75) is 38.9 Å². The van der Waals surface area contributed by atoms with E-state index in [1.165, 1.54) is 22.0 Å². The van der Waals surface area contributed by atoms with E-state index in [4.69, 9.17) is 4.74 Å². The van der Waals surface area contributed by atoms with E-state index in [1.807, 2.05) is 0 Å². The molecule has 2 atom stereocenters. The number of nitrogens with one attached hydrogen (secondary N) is 2. The molecule has 0 bridgehead atoms.